The van der Waals surface area contributed by atoms with Crippen LogP contribution in [0.25, 0.3) is 0 Å². The van der Waals surface area contributed by atoms with Crippen LogP contribution in [0.15, 0.2) is 24.3 Å². The summed E-state index contributed by atoms with van der Waals surface area (Å²) in [5, 5.41) is 26.3. The Kier molecular flexibility index (Phi) is 3.34. The maximum absolute atomic E-state index is 10.6. The highest BCUT2D eigenvalue weighted by Crippen LogP contribution is 2.01. The average molecular weight is 210 g/mol. The van der Waals surface area contributed by atoms with Gasteiger partial charge in [0.25, 0.3) is 0 Å². The molecule has 0 amide bonds. The third-order valence-corrected chi connectivity index (χ3v) is 1.95. The van der Waals surface area contributed by atoms with Crippen molar-refractivity contribution in [3.05, 3.63) is 29.8 Å². The fourth-order valence-electron chi connectivity index (χ4n) is 1.10. The number of aliphatic carboxylic acids is 1. The smallest absolute Gasteiger partial charge is 0.480 e. The highest BCUT2D eigenvalue weighted by Gasteiger charge is 2.13. The maximum Gasteiger partial charge on any atom is 0.488 e. The minimum atomic E-state index is -2.07. The molecule has 0 aliphatic heterocycles. The van der Waals surface area contributed by atoms with E-state index in [1.807, 2.05) is 0 Å². The monoisotopic (exact) mass is 210 g/mol. The van der Waals surface area contributed by atoms with Crippen molar-refractivity contribution in [2.45, 2.75) is 12.4 Å². The lowest BCUT2D eigenvalue weighted by molar-refractivity contribution is -0.138. The molecule has 1 atom stereocenters. The highest BCUT2D eigenvalue weighted by molar-refractivity contribution is 6.58. The molecule has 5 N–H and O–H groups in total. The number of carboxylic acid groups (broad SMARTS) is 1. The zero-order valence-electron chi connectivity index (χ0n) is 8.92. The van der Waals surface area contributed by atoms with Crippen molar-refractivity contribution in [3.8, 4) is 0 Å². The van der Waals surface area contributed by atoms with Gasteiger partial charge in [0.1, 0.15) is 6.02 Å². The largest absolute Gasteiger partial charge is 0.488 e. The predicted octanol–water partition coefficient (Wildman–Crippen LogP) is -1.68. The van der Waals surface area contributed by atoms with E-state index in [2.05, 4.69) is 0 Å². The van der Waals surface area contributed by atoms with Crippen molar-refractivity contribution in [1.82, 2.24) is 0 Å². The normalized spacial score (nSPS) is 15.3. The van der Waals surface area contributed by atoms with Crippen LogP contribution in [0.2, 0.25) is 0 Å². The molecule has 0 bridgehead atoms. The Labute approximate surface area is 88.7 Å². The summed E-state index contributed by atoms with van der Waals surface area (Å²) < 4.78 is 7.34. The topological polar surface area (TPSA) is 104 Å². The fraction of sp³-hybridized carbons (Fsp3) is 0.222. The molecule has 0 spiro atoms. The van der Waals surface area contributed by atoms with Crippen LogP contribution < -0.4 is 11.2 Å². The van der Waals surface area contributed by atoms with Crippen molar-refractivity contribution in [1.29, 1.82) is 0 Å². The second kappa shape index (κ2) is 4.93. The SMILES string of the molecule is [2H][C@@](N)(Cc1ccc(B(O)O)cc1)C(=O)O. The Morgan fingerprint density at radius 2 is 2.00 bits per heavy atom. The van der Waals surface area contributed by atoms with Crippen molar-refractivity contribution in [2.75, 3.05) is 0 Å². The molecule has 80 valence electrons. The van der Waals surface area contributed by atoms with Gasteiger partial charge in [-0.3, -0.25) is 4.79 Å². The lowest BCUT2D eigenvalue weighted by atomic mass is 9.80. The third kappa shape index (κ3) is 3.36. The summed E-state index contributed by atoms with van der Waals surface area (Å²) >= 11 is 0. The predicted molar refractivity (Wildman–Crippen MR) is 55.6 cm³/mol. The maximum atomic E-state index is 10.6. The molecular formula is C9H12BNO4. The molecule has 6 heteroatoms. The summed E-state index contributed by atoms with van der Waals surface area (Å²) in [4.78, 5) is 10.6. The van der Waals surface area contributed by atoms with Crippen LogP contribution >= 0.6 is 0 Å². The summed E-state index contributed by atoms with van der Waals surface area (Å²) in [6.45, 7) is 0. The van der Waals surface area contributed by atoms with Crippen LogP contribution in [-0.4, -0.2) is 34.3 Å². The van der Waals surface area contributed by atoms with E-state index in [0.29, 0.717) is 11.0 Å². The molecule has 1 rings (SSSR count). The van der Waals surface area contributed by atoms with Gasteiger partial charge in [-0.1, -0.05) is 24.3 Å². The second-order valence-corrected chi connectivity index (χ2v) is 3.12. The minimum Gasteiger partial charge on any atom is -0.480 e. The van der Waals surface area contributed by atoms with E-state index in [4.69, 9.17) is 22.3 Å². The Morgan fingerprint density at radius 3 is 2.40 bits per heavy atom. The fourth-order valence-corrected chi connectivity index (χ4v) is 1.10. The van der Waals surface area contributed by atoms with Gasteiger partial charge in [0.2, 0.25) is 0 Å². The average Bonchev–Trinajstić information content (AvgIpc) is 2.17. The molecule has 0 saturated carbocycles. The molecule has 0 aromatic heterocycles. The number of nitrogens with two attached hydrogens (primary N) is 1. The molecular weight excluding hydrogens is 197 g/mol. The van der Waals surface area contributed by atoms with Crippen molar-refractivity contribution in [3.63, 3.8) is 0 Å². The van der Waals surface area contributed by atoms with E-state index >= 15 is 0 Å². The Bertz CT molecular complexity index is 380. The highest BCUT2D eigenvalue weighted by atomic mass is 16.4. The van der Waals surface area contributed by atoms with E-state index in [-0.39, 0.29) is 6.42 Å². The molecule has 0 fully saturated rings. The molecule has 1 aromatic rings. The Hall–Kier alpha value is -1.37. The summed E-state index contributed by atoms with van der Waals surface area (Å²) in [6.07, 6.45) is -0.149. The molecule has 0 aliphatic carbocycles. The van der Waals surface area contributed by atoms with E-state index in [9.17, 15) is 4.79 Å². The van der Waals surface area contributed by atoms with Crippen LogP contribution in [0, 0.1) is 0 Å². The number of rotatable bonds is 4. The summed E-state index contributed by atoms with van der Waals surface area (Å²) in [5.74, 6) is -1.40. The lowest BCUT2D eigenvalue weighted by Gasteiger charge is -2.07. The first kappa shape index (κ1) is 10.2. The van der Waals surface area contributed by atoms with Gasteiger partial charge in [-0.15, -0.1) is 0 Å². The first-order chi connectivity index (χ1) is 7.33. The van der Waals surface area contributed by atoms with Crippen molar-refractivity contribution in [2.24, 2.45) is 5.73 Å². The van der Waals surface area contributed by atoms with Crippen LogP contribution in [0.3, 0.4) is 0 Å². The minimum absolute atomic E-state index is 0.149. The van der Waals surface area contributed by atoms with Crippen molar-refractivity contribution < 1.29 is 21.3 Å². The summed E-state index contributed by atoms with van der Waals surface area (Å²) in [6, 6.07) is 3.83. The zero-order valence-corrected chi connectivity index (χ0v) is 7.92. The summed E-state index contributed by atoms with van der Waals surface area (Å²) in [5.41, 5.74) is 6.10. The third-order valence-electron chi connectivity index (χ3n) is 1.95. The standard InChI is InChI=1S/C9H12BNO4/c11-8(9(12)13)5-6-1-3-7(4-2-6)10(14)15/h1-4,8,14-15H,5,11H2,(H,12,13)/t8-/m1/s1/i8D. The van der Waals surface area contributed by atoms with Gasteiger partial charge in [-0.25, -0.2) is 0 Å². The van der Waals surface area contributed by atoms with Gasteiger partial charge >= 0.3 is 13.1 Å². The van der Waals surface area contributed by atoms with Gasteiger partial charge in [-0.2, -0.15) is 0 Å². The number of carbonyl (C=O) groups is 1. The number of hydrogen-bond donors (Lipinski definition) is 4. The molecule has 5 nitrogen and oxygen atoms in total. The van der Waals surface area contributed by atoms with E-state index in [1.165, 1.54) is 24.3 Å². The summed E-state index contributed by atoms with van der Waals surface area (Å²) in [7, 11) is -1.56. The van der Waals surface area contributed by atoms with Gasteiger partial charge < -0.3 is 20.9 Å². The zero-order chi connectivity index (χ0) is 12.3. The van der Waals surface area contributed by atoms with Crippen LogP contribution in [0.1, 0.15) is 6.93 Å². The molecule has 0 heterocycles. The van der Waals surface area contributed by atoms with E-state index in [1.54, 1.807) is 0 Å². The number of benzene rings is 1. The first-order valence-corrected chi connectivity index (χ1v) is 4.30. The Balaban J connectivity index is 2.80. The molecule has 0 radical (unpaired) electrons. The second-order valence-electron chi connectivity index (χ2n) is 3.12. The molecule has 0 saturated heterocycles. The number of hydrogen-bond acceptors (Lipinski definition) is 4. The number of carboxylic acids is 1. The van der Waals surface area contributed by atoms with Gasteiger partial charge in [0.05, 0.1) is 1.37 Å². The molecule has 0 unspecified atom stereocenters. The van der Waals surface area contributed by atoms with Crippen LogP contribution in [0.4, 0.5) is 0 Å². The first-order valence-electron chi connectivity index (χ1n) is 4.80. The van der Waals surface area contributed by atoms with Gasteiger partial charge in [0, 0.05) is 0 Å². The van der Waals surface area contributed by atoms with Crippen molar-refractivity contribution >= 4 is 18.6 Å². The molecule has 15 heavy (non-hydrogen) atoms. The quantitative estimate of drug-likeness (QED) is 0.444. The van der Waals surface area contributed by atoms with E-state index < -0.39 is 19.1 Å². The van der Waals surface area contributed by atoms with Crippen LogP contribution in [0.5, 0.6) is 0 Å². The molecule has 1 aromatic carbocycles. The lowest BCUT2D eigenvalue weighted by Crippen LogP contribution is -2.33. The molecule has 0 aliphatic rings. The van der Waals surface area contributed by atoms with E-state index in [0.717, 1.165) is 0 Å². The van der Waals surface area contributed by atoms with Gasteiger partial charge in [0.15, 0.2) is 0 Å². The Morgan fingerprint density at radius 1 is 1.47 bits per heavy atom. The van der Waals surface area contributed by atoms with Crippen LogP contribution in [-0.2, 0) is 11.2 Å². The van der Waals surface area contributed by atoms with Gasteiger partial charge in [-0.05, 0) is 17.4 Å².